The van der Waals surface area contributed by atoms with Gasteiger partial charge in [-0.3, -0.25) is 0 Å². The summed E-state index contributed by atoms with van der Waals surface area (Å²) < 4.78 is 5.92. The molecule has 0 bridgehead atoms. The minimum Gasteiger partial charge on any atom is -0.761 e. The third-order valence-electron chi connectivity index (χ3n) is 4.76. The molecule has 0 fully saturated rings. The van der Waals surface area contributed by atoms with Crippen LogP contribution >= 0.6 is 0 Å². The van der Waals surface area contributed by atoms with Gasteiger partial charge in [0.2, 0.25) is 0 Å². The zero-order chi connectivity index (χ0) is 17.7. The van der Waals surface area contributed by atoms with E-state index in [2.05, 4.69) is 6.58 Å². The second kappa shape index (κ2) is 7.93. The Morgan fingerprint density at radius 1 is 1.20 bits per heavy atom. The van der Waals surface area contributed by atoms with E-state index in [1.807, 2.05) is 61.5 Å². The highest BCUT2D eigenvalue weighted by Gasteiger charge is 2.43. The average molecular weight is 338 g/mol. The standard InChI is InChI=1S/C21H24NO3/c1-3-16-25-22(23)21(17-10-6-5-7-11-17)15-14-20(24-4-2)18-12-8-9-13-19(18)21/h3,5-13,20H,1,4,14-16H2,2H3/q-1/t20-,21?/m1/s1. The van der Waals surface area contributed by atoms with Crippen LogP contribution in [0.15, 0.2) is 67.3 Å². The molecule has 4 nitrogen and oxygen atoms in total. The summed E-state index contributed by atoms with van der Waals surface area (Å²) in [4.78, 5) is 5.46. The zero-order valence-electron chi connectivity index (χ0n) is 14.6. The zero-order valence-corrected chi connectivity index (χ0v) is 14.6. The molecule has 0 aromatic heterocycles. The lowest BCUT2D eigenvalue weighted by atomic mass is 9.71. The number of ether oxygens (including phenoxy) is 1. The van der Waals surface area contributed by atoms with Crippen LogP contribution in [0.4, 0.5) is 0 Å². The molecule has 0 amide bonds. The predicted molar refractivity (Wildman–Crippen MR) is 98.6 cm³/mol. The number of hydroxylamine groups is 2. The highest BCUT2D eigenvalue weighted by atomic mass is 16.9. The van der Waals surface area contributed by atoms with Gasteiger partial charge in [-0.2, -0.15) is 0 Å². The number of hydrogen-bond donors (Lipinski definition) is 0. The molecule has 132 valence electrons. The fourth-order valence-electron chi connectivity index (χ4n) is 3.70. The van der Waals surface area contributed by atoms with Gasteiger partial charge in [0.1, 0.15) is 0 Å². The van der Waals surface area contributed by atoms with Crippen LogP contribution in [0.1, 0.15) is 42.6 Å². The summed E-state index contributed by atoms with van der Waals surface area (Å²) in [6.45, 7) is 6.46. The Morgan fingerprint density at radius 3 is 2.64 bits per heavy atom. The van der Waals surface area contributed by atoms with Crippen molar-refractivity contribution in [3.8, 4) is 0 Å². The topological polar surface area (TPSA) is 44.8 Å². The first-order chi connectivity index (χ1) is 12.2. The average Bonchev–Trinajstić information content (AvgIpc) is 2.67. The van der Waals surface area contributed by atoms with Crippen LogP contribution in [-0.2, 0) is 15.1 Å². The van der Waals surface area contributed by atoms with Crippen LogP contribution in [0, 0.1) is 5.21 Å². The van der Waals surface area contributed by atoms with Crippen LogP contribution in [0.2, 0.25) is 0 Å². The monoisotopic (exact) mass is 338 g/mol. The van der Waals surface area contributed by atoms with Crippen molar-refractivity contribution in [2.24, 2.45) is 0 Å². The molecule has 0 N–H and O–H groups in total. The van der Waals surface area contributed by atoms with Gasteiger partial charge < -0.3 is 14.8 Å². The molecule has 25 heavy (non-hydrogen) atoms. The summed E-state index contributed by atoms with van der Waals surface area (Å²) in [6, 6.07) is 17.8. The number of benzene rings is 2. The van der Waals surface area contributed by atoms with Crippen molar-refractivity contribution in [2.45, 2.75) is 31.4 Å². The van der Waals surface area contributed by atoms with Crippen LogP contribution in [0.5, 0.6) is 0 Å². The molecule has 0 saturated carbocycles. The Bertz CT molecular complexity index is 703. The van der Waals surface area contributed by atoms with Gasteiger partial charge in [0.05, 0.1) is 18.2 Å². The highest BCUT2D eigenvalue weighted by Crippen LogP contribution is 2.49. The molecule has 2 atom stereocenters. The molecule has 0 aliphatic heterocycles. The van der Waals surface area contributed by atoms with Gasteiger partial charge in [-0.05, 0) is 36.5 Å². The SMILES string of the molecule is C=CCON([O-])C1(c2ccccc2)CC[C@@H](OCC)c2ccccc21. The van der Waals surface area contributed by atoms with Crippen molar-refractivity contribution in [1.82, 2.24) is 5.23 Å². The lowest BCUT2D eigenvalue weighted by Crippen LogP contribution is -2.47. The smallest absolute Gasteiger partial charge is 0.0852 e. The third-order valence-corrected chi connectivity index (χ3v) is 4.76. The van der Waals surface area contributed by atoms with Gasteiger partial charge in [0.25, 0.3) is 0 Å². The van der Waals surface area contributed by atoms with E-state index in [1.54, 1.807) is 6.08 Å². The molecular weight excluding hydrogens is 314 g/mol. The van der Waals surface area contributed by atoms with Gasteiger partial charge in [0, 0.05) is 6.61 Å². The highest BCUT2D eigenvalue weighted by molar-refractivity contribution is 5.46. The number of fused-ring (bicyclic) bond motifs is 1. The van der Waals surface area contributed by atoms with Crippen molar-refractivity contribution in [3.63, 3.8) is 0 Å². The fraction of sp³-hybridized carbons (Fsp3) is 0.333. The van der Waals surface area contributed by atoms with Crippen molar-refractivity contribution in [2.75, 3.05) is 13.2 Å². The van der Waals surface area contributed by atoms with Crippen molar-refractivity contribution in [1.29, 1.82) is 0 Å². The molecule has 4 heteroatoms. The molecular formula is C21H24NO3-. The molecule has 3 rings (SSSR count). The van der Waals surface area contributed by atoms with Crippen molar-refractivity contribution >= 4 is 0 Å². The van der Waals surface area contributed by atoms with Gasteiger partial charge in [0.15, 0.2) is 0 Å². The maximum absolute atomic E-state index is 13.1. The lowest BCUT2D eigenvalue weighted by Gasteiger charge is -2.51. The molecule has 0 radical (unpaired) electrons. The van der Waals surface area contributed by atoms with E-state index >= 15 is 0 Å². The van der Waals surface area contributed by atoms with E-state index in [9.17, 15) is 5.21 Å². The number of nitrogens with zero attached hydrogens (tertiary/aromatic N) is 1. The van der Waals surface area contributed by atoms with E-state index in [0.717, 1.165) is 28.3 Å². The molecule has 1 aliphatic carbocycles. The first-order valence-corrected chi connectivity index (χ1v) is 8.71. The second-order valence-corrected chi connectivity index (χ2v) is 6.14. The normalized spacial score (nSPS) is 22.6. The molecule has 2 aromatic rings. The van der Waals surface area contributed by atoms with E-state index in [-0.39, 0.29) is 12.7 Å². The summed E-state index contributed by atoms with van der Waals surface area (Å²) in [5.74, 6) is 0. The molecule has 0 saturated heterocycles. The molecule has 1 aliphatic rings. The molecule has 0 heterocycles. The van der Waals surface area contributed by atoms with Gasteiger partial charge in [-0.25, -0.2) is 5.23 Å². The van der Waals surface area contributed by atoms with Crippen molar-refractivity contribution in [3.05, 3.63) is 89.1 Å². The van der Waals surface area contributed by atoms with Crippen LogP contribution in [-0.4, -0.2) is 18.4 Å². The van der Waals surface area contributed by atoms with E-state index in [0.29, 0.717) is 13.0 Å². The maximum Gasteiger partial charge on any atom is 0.0852 e. The van der Waals surface area contributed by atoms with E-state index < -0.39 is 5.54 Å². The van der Waals surface area contributed by atoms with E-state index in [4.69, 9.17) is 9.57 Å². The fourth-order valence-corrected chi connectivity index (χ4v) is 3.70. The summed E-state index contributed by atoms with van der Waals surface area (Å²) in [5.41, 5.74) is 2.05. The number of rotatable bonds is 7. The van der Waals surface area contributed by atoms with Gasteiger partial charge >= 0.3 is 0 Å². The molecule has 1 unspecified atom stereocenters. The summed E-state index contributed by atoms with van der Waals surface area (Å²) >= 11 is 0. The maximum atomic E-state index is 13.1. The minimum atomic E-state index is -0.880. The lowest BCUT2D eigenvalue weighted by molar-refractivity contribution is -0.177. The summed E-state index contributed by atoms with van der Waals surface area (Å²) in [5, 5.41) is 13.9. The Hall–Kier alpha value is -1.98. The predicted octanol–water partition coefficient (Wildman–Crippen LogP) is 4.72. The Kier molecular flexibility index (Phi) is 5.66. The molecule has 2 aromatic carbocycles. The summed E-state index contributed by atoms with van der Waals surface area (Å²) in [6.07, 6.45) is 2.97. The first kappa shape index (κ1) is 17.8. The minimum absolute atomic E-state index is 0.00541. The van der Waals surface area contributed by atoms with E-state index in [1.165, 1.54) is 0 Å². The van der Waals surface area contributed by atoms with Crippen molar-refractivity contribution < 1.29 is 9.57 Å². The van der Waals surface area contributed by atoms with Crippen LogP contribution in [0.25, 0.3) is 0 Å². The van der Waals surface area contributed by atoms with Gasteiger partial charge in [-0.15, -0.1) is 6.58 Å². The Balaban J connectivity index is 2.14. The molecule has 0 spiro atoms. The Morgan fingerprint density at radius 2 is 1.92 bits per heavy atom. The van der Waals surface area contributed by atoms with Crippen LogP contribution < -0.4 is 0 Å². The third kappa shape index (κ3) is 3.26. The van der Waals surface area contributed by atoms with Gasteiger partial charge in [-0.1, -0.05) is 60.7 Å². The summed E-state index contributed by atoms with van der Waals surface area (Å²) in [7, 11) is 0. The van der Waals surface area contributed by atoms with Crippen LogP contribution in [0.3, 0.4) is 0 Å². The quantitative estimate of drug-likeness (QED) is 0.541. The number of hydrogen-bond acceptors (Lipinski definition) is 4. The first-order valence-electron chi connectivity index (χ1n) is 8.71. The largest absolute Gasteiger partial charge is 0.761 e. The Labute approximate surface area is 149 Å². The second-order valence-electron chi connectivity index (χ2n) is 6.14.